The first kappa shape index (κ1) is 23.2. The second-order valence-corrected chi connectivity index (χ2v) is 8.31. The molecule has 1 aromatic carbocycles. The van der Waals surface area contributed by atoms with Crippen LogP contribution >= 0.6 is 0 Å². The van der Waals surface area contributed by atoms with Gasteiger partial charge in [0, 0.05) is 30.9 Å². The largest absolute Gasteiger partial charge is 0.496 e. The molecule has 2 heterocycles. The number of rotatable bonds is 8. The first-order chi connectivity index (χ1) is 15.2. The van der Waals surface area contributed by atoms with Crippen LogP contribution in [0.4, 0.5) is 0 Å². The van der Waals surface area contributed by atoms with Crippen molar-refractivity contribution < 1.29 is 19.1 Å². The molecule has 8 nitrogen and oxygen atoms in total. The lowest BCUT2D eigenvalue weighted by molar-refractivity contribution is -0.133. The molecule has 0 saturated carbocycles. The highest BCUT2D eigenvalue weighted by molar-refractivity contribution is 6.03. The second-order valence-electron chi connectivity index (χ2n) is 8.31. The molecule has 3 rings (SSSR count). The van der Waals surface area contributed by atoms with Crippen LogP contribution in [-0.2, 0) is 16.1 Å². The van der Waals surface area contributed by atoms with Crippen molar-refractivity contribution in [3.05, 3.63) is 53.3 Å². The second kappa shape index (κ2) is 9.80. The molecule has 0 radical (unpaired) electrons. The zero-order chi connectivity index (χ0) is 23.4. The maximum absolute atomic E-state index is 12.9. The SMILES string of the molecule is COc1ccccc1CN(C)C(=O)COC(=O)c1cc(C(C)C)nc2c1cnn2C(C)C. The molecule has 0 aliphatic carbocycles. The summed E-state index contributed by atoms with van der Waals surface area (Å²) < 4.78 is 12.5. The molecule has 0 bridgehead atoms. The first-order valence-electron chi connectivity index (χ1n) is 10.6. The molecule has 0 aliphatic heterocycles. The summed E-state index contributed by atoms with van der Waals surface area (Å²) in [5, 5.41) is 5.00. The highest BCUT2D eigenvalue weighted by Crippen LogP contribution is 2.25. The molecule has 0 spiro atoms. The van der Waals surface area contributed by atoms with Crippen molar-refractivity contribution in [1.82, 2.24) is 19.7 Å². The minimum absolute atomic E-state index is 0.0940. The van der Waals surface area contributed by atoms with Crippen molar-refractivity contribution >= 4 is 22.9 Å². The number of esters is 1. The van der Waals surface area contributed by atoms with Gasteiger partial charge in [-0.1, -0.05) is 32.0 Å². The number of hydrogen-bond acceptors (Lipinski definition) is 6. The molecular formula is C24H30N4O4. The predicted octanol–water partition coefficient (Wildman–Crippen LogP) is 3.96. The minimum Gasteiger partial charge on any atom is -0.496 e. The molecule has 2 aromatic heterocycles. The van der Waals surface area contributed by atoms with Gasteiger partial charge >= 0.3 is 5.97 Å². The van der Waals surface area contributed by atoms with Gasteiger partial charge in [0.2, 0.25) is 0 Å². The highest BCUT2D eigenvalue weighted by Gasteiger charge is 2.21. The topological polar surface area (TPSA) is 86.5 Å². The Morgan fingerprint density at radius 2 is 1.88 bits per heavy atom. The monoisotopic (exact) mass is 438 g/mol. The summed E-state index contributed by atoms with van der Waals surface area (Å²) in [6.45, 7) is 8.02. The van der Waals surface area contributed by atoms with E-state index in [0.29, 0.717) is 28.9 Å². The average Bonchev–Trinajstić information content (AvgIpc) is 3.21. The Balaban J connectivity index is 1.76. The van der Waals surface area contributed by atoms with Gasteiger partial charge in [0.05, 0.1) is 24.3 Å². The number of likely N-dealkylation sites (N-methyl/N-ethyl adjacent to an activating group) is 1. The minimum atomic E-state index is -0.568. The highest BCUT2D eigenvalue weighted by atomic mass is 16.5. The summed E-state index contributed by atoms with van der Waals surface area (Å²) in [7, 11) is 3.25. The van der Waals surface area contributed by atoms with Crippen LogP contribution in [0.25, 0.3) is 11.0 Å². The van der Waals surface area contributed by atoms with Crippen LogP contribution in [0.3, 0.4) is 0 Å². The summed E-state index contributed by atoms with van der Waals surface area (Å²) in [6.07, 6.45) is 1.62. The fourth-order valence-electron chi connectivity index (χ4n) is 3.37. The maximum atomic E-state index is 12.9. The Labute approximate surface area is 188 Å². The van der Waals surface area contributed by atoms with E-state index in [0.717, 1.165) is 11.3 Å². The average molecular weight is 439 g/mol. The van der Waals surface area contributed by atoms with Crippen molar-refractivity contribution in [3.63, 3.8) is 0 Å². The Morgan fingerprint density at radius 1 is 1.16 bits per heavy atom. The number of carbonyl (C=O) groups excluding carboxylic acids is 2. The van der Waals surface area contributed by atoms with Crippen LogP contribution in [0.5, 0.6) is 5.75 Å². The molecule has 8 heteroatoms. The van der Waals surface area contributed by atoms with E-state index in [1.165, 1.54) is 4.90 Å². The first-order valence-corrected chi connectivity index (χ1v) is 10.6. The van der Waals surface area contributed by atoms with E-state index in [1.54, 1.807) is 31.1 Å². The Kier molecular flexibility index (Phi) is 7.12. The van der Waals surface area contributed by atoms with Crippen LogP contribution in [0, 0.1) is 0 Å². The van der Waals surface area contributed by atoms with Crippen LogP contribution < -0.4 is 4.74 Å². The number of para-hydroxylation sites is 1. The molecule has 0 fully saturated rings. The van der Waals surface area contributed by atoms with Gasteiger partial charge in [-0.05, 0) is 31.9 Å². The van der Waals surface area contributed by atoms with E-state index in [1.807, 2.05) is 52.0 Å². The number of amides is 1. The summed E-state index contributed by atoms with van der Waals surface area (Å²) in [6, 6.07) is 9.30. The lowest BCUT2D eigenvalue weighted by Crippen LogP contribution is -2.31. The van der Waals surface area contributed by atoms with Gasteiger partial charge in [-0.2, -0.15) is 5.10 Å². The number of hydrogen-bond donors (Lipinski definition) is 0. The third-order valence-corrected chi connectivity index (χ3v) is 5.24. The van der Waals surface area contributed by atoms with Crippen LogP contribution in [0.15, 0.2) is 36.5 Å². The summed E-state index contributed by atoms with van der Waals surface area (Å²) >= 11 is 0. The van der Waals surface area contributed by atoms with Gasteiger partial charge in [0.25, 0.3) is 5.91 Å². The normalized spacial score (nSPS) is 11.2. The van der Waals surface area contributed by atoms with Crippen molar-refractivity contribution in [2.45, 2.75) is 46.2 Å². The molecule has 0 atom stereocenters. The van der Waals surface area contributed by atoms with Crippen LogP contribution in [0.2, 0.25) is 0 Å². The number of ether oxygens (including phenoxy) is 2. The van der Waals surface area contributed by atoms with Gasteiger partial charge in [0.15, 0.2) is 12.3 Å². The fraction of sp³-hybridized carbons (Fsp3) is 0.417. The molecule has 0 N–H and O–H groups in total. The summed E-state index contributed by atoms with van der Waals surface area (Å²) in [5.41, 5.74) is 2.64. The van der Waals surface area contributed by atoms with E-state index >= 15 is 0 Å². The van der Waals surface area contributed by atoms with Gasteiger partial charge in [0.1, 0.15) is 5.75 Å². The molecule has 0 aliphatic rings. The maximum Gasteiger partial charge on any atom is 0.339 e. The Morgan fingerprint density at radius 3 is 2.53 bits per heavy atom. The number of benzene rings is 1. The molecule has 170 valence electrons. The van der Waals surface area contributed by atoms with Crippen LogP contribution in [0.1, 0.15) is 61.3 Å². The standard InChI is InChI=1S/C24H30N4O4/c1-15(2)20-11-18(19-12-25-28(16(3)4)23(19)26-20)24(30)32-14-22(29)27(5)13-17-9-7-8-10-21(17)31-6/h7-12,15-16H,13-14H2,1-6H3. The van der Waals surface area contributed by atoms with Crippen molar-refractivity contribution in [2.75, 3.05) is 20.8 Å². The molecule has 0 saturated heterocycles. The molecule has 3 aromatic rings. The summed E-state index contributed by atoms with van der Waals surface area (Å²) in [5.74, 6) is -0.0556. The molecule has 1 amide bonds. The zero-order valence-electron chi connectivity index (χ0n) is 19.5. The van der Waals surface area contributed by atoms with Crippen molar-refractivity contribution in [3.8, 4) is 5.75 Å². The van der Waals surface area contributed by atoms with E-state index < -0.39 is 5.97 Å². The van der Waals surface area contributed by atoms with Crippen molar-refractivity contribution in [2.24, 2.45) is 0 Å². The third kappa shape index (κ3) is 4.90. The zero-order valence-corrected chi connectivity index (χ0v) is 19.5. The van der Waals surface area contributed by atoms with Crippen LogP contribution in [-0.4, -0.2) is 52.3 Å². The van der Waals surface area contributed by atoms with Gasteiger partial charge in [-0.3, -0.25) is 4.79 Å². The Hall–Kier alpha value is -3.42. The number of aromatic nitrogens is 3. The van der Waals surface area contributed by atoms with E-state index in [9.17, 15) is 9.59 Å². The number of fused-ring (bicyclic) bond motifs is 1. The number of methoxy groups -OCH3 is 1. The number of carbonyl (C=O) groups is 2. The van der Waals surface area contributed by atoms with Gasteiger partial charge < -0.3 is 14.4 Å². The molecular weight excluding hydrogens is 408 g/mol. The number of pyridine rings is 1. The van der Waals surface area contributed by atoms with E-state index in [2.05, 4.69) is 5.10 Å². The van der Waals surface area contributed by atoms with E-state index in [-0.39, 0.29) is 24.5 Å². The molecule has 32 heavy (non-hydrogen) atoms. The van der Waals surface area contributed by atoms with Gasteiger partial charge in [-0.15, -0.1) is 0 Å². The van der Waals surface area contributed by atoms with E-state index in [4.69, 9.17) is 14.5 Å². The smallest absolute Gasteiger partial charge is 0.339 e. The van der Waals surface area contributed by atoms with Gasteiger partial charge in [-0.25, -0.2) is 14.5 Å². The summed E-state index contributed by atoms with van der Waals surface area (Å²) in [4.78, 5) is 31.7. The third-order valence-electron chi connectivity index (χ3n) is 5.24. The lowest BCUT2D eigenvalue weighted by atomic mass is 10.1. The Bertz CT molecular complexity index is 1120. The van der Waals surface area contributed by atoms with Crippen molar-refractivity contribution in [1.29, 1.82) is 0 Å². The predicted molar refractivity (Wildman–Crippen MR) is 122 cm³/mol. The quantitative estimate of drug-likeness (QED) is 0.495. The fourth-order valence-corrected chi connectivity index (χ4v) is 3.37. The number of nitrogens with zero attached hydrogens (tertiary/aromatic N) is 4. The lowest BCUT2D eigenvalue weighted by Gasteiger charge is -2.19. The molecule has 0 unspecified atom stereocenters.